The number of nitrogens with zero attached hydrogens (tertiary/aromatic N) is 1. The van der Waals surface area contributed by atoms with Crippen LogP contribution < -0.4 is 9.46 Å². The third-order valence-electron chi connectivity index (χ3n) is 4.20. The van der Waals surface area contributed by atoms with E-state index in [1.165, 1.54) is 6.07 Å². The molecule has 3 rings (SSSR count). The summed E-state index contributed by atoms with van der Waals surface area (Å²) in [4.78, 5) is 4.81. The zero-order valence-corrected chi connectivity index (χ0v) is 20.4. The monoisotopic (exact) mass is 514 g/mol. The van der Waals surface area contributed by atoms with Crippen LogP contribution in [0.4, 0.5) is 5.69 Å². The number of hydrogen-bond donors (Lipinski definition) is 1. The van der Waals surface area contributed by atoms with Crippen molar-refractivity contribution in [2.24, 2.45) is 10.9 Å². The lowest BCUT2D eigenvalue weighted by Crippen LogP contribution is -2.13. The van der Waals surface area contributed by atoms with Crippen molar-refractivity contribution < 1.29 is 9.29 Å². The van der Waals surface area contributed by atoms with Crippen molar-refractivity contribution in [3.63, 3.8) is 0 Å². The fourth-order valence-corrected chi connectivity index (χ4v) is 4.75. The van der Waals surface area contributed by atoms with E-state index in [0.29, 0.717) is 21.4 Å². The second-order valence-corrected chi connectivity index (χ2v) is 9.39. The molecule has 31 heavy (non-hydrogen) atoms. The van der Waals surface area contributed by atoms with E-state index in [4.69, 9.17) is 51.1 Å². The van der Waals surface area contributed by atoms with Crippen LogP contribution in [0.2, 0.25) is 20.1 Å². The van der Waals surface area contributed by atoms with Crippen LogP contribution in [0.15, 0.2) is 76.0 Å². The number of benzene rings is 2. The lowest BCUT2D eigenvalue weighted by atomic mass is 10.0. The number of aliphatic imine (C=N–C) groups is 1. The first-order valence-electron chi connectivity index (χ1n) is 9.17. The molecular formula is C22H18Cl4N2O2S. The van der Waals surface area contributed by atoms with Gasteiger partial charge in [-0.05, 0) is 49.4 Å². The highest BCUT2D eigenvalue weighted by Gasteiger charge is 2.20. The molecule has 0 fully saturated rings. The Bertz CT molecular complexity index is 1080. The van der Waals surface area contributed by atoms with Crippen molar-refractivity contribution in [1.29, 1.82) is 0 Å². The van der Waals surface area contributed by atoms with Gasteiger partial charge in [-0.25, -0.2) is 4.72 Å². The van der Waals surface area contributed by atoms with Crippen molar-refractivity contribution in [3.05, 3.63) is 86.2 Å². The van der Waals surface area contributed by atoms with Gasteiger partial charge in [-0.2, -0.15) is 0 Å². The van der Waals surface area contributed by atoms with Crippen LogP contribution in [0.5, 0.6) is 5.75 Å². The van der Waals surface area contributed by atoms with Gasteiger partial charge in [0.25, 0.3) is 0 Å². The quantitative estimate of drug-likeness (QED) is 0.398. The summed E-state index contributed by atoms with van der Waals surface area (Å²) in [5.74, 6) is 0.891. The molecule has 0 aromatic heterocycles. The van der Waals surface area contributed by atoms with Crippen molar-refractivity contribution >= 4 is 69.7 Å². The van der Waals surface area contributed by atoms with E-state index in [1.807, 2.05) is 38.2 Å². The van der Waals surface area contributed by atoms with E-state index >= 15 is 0 Å². The average Bonchev–Trinajstić information content (AvgIpc) is 2.70. The summed E-state index contributed by atoms with van der Waals surface area (Å²) in [5, 5.41) is 1.26. The zero-order chi connectivity index (χ0) is 22.5. The van der Waals surface area contributed by atoms with Gasteiger partial charge in [0, 0.05) is 16.6 Å². The van der Waals surface area contributed by atoms with E-state index in [2.05, 4.69) is 9.71 Å². The van der Waals surface area contributed by atoms with Crippen LogP contribution >= 0.6 is 46.4 Å². The molecule has 2 unspecified atom stereocenters. The number of allylic oxidation sites excluding steroid dienone is 5. The van der Waals surface area contributed by atoms with Crippen LogP contribution in [-0.4, -0.2) is 10.8 Å². The number of ether oxygens (including phenoxy) is 1. The van der Waals surface area contributed by atoms with Gasteiger partial charge in [0.2, 0.25) is 0 Å². The molecule has 0 spiro atoms. The van der Waals surface area contributed by atoms with Gasteiger partial charge in [0.05, 0.1) is 27.0 Å². The molecule has 2 aromatic rings. The Hall–Kier alpha value is -1.60. The first kappa shape index (κ1) is 24.1. The molecule has 0 amide bonds. The van der Waals surface area contributed by atoms with Crippen molar-refractivity contribution in [1.82, 2.24) is 0 Å². The molecular weight excluding hydrogens is 498 g/mol. The molecule has 0 aliphatic carbocycles. The zero-order valence-electron chi connectivity index (χ0n) is 16.5. The third-order valence-corrected chi connectivity index (χ3v) is 6.60. The Kier molecular flexibility index (Phi) is 8.39. The fourth-order valence-electron chi connectivity index (χ4n) is 2.70. The van der Waals surface area contributed by atoms with E-state index in [0.717, 1.165) is 5.70 Å². The van der Waals surface area contributed by atoms with Gasteiger partial charge >= 0.3 is 0 Å². The molecule has 9 heteroatoms. The van der Waals surface area contributed by atoms with Gasteiger partial charge in [-0.3, -0.25) is 4.99 Å². The summed E-state index contributed by atoms with van der Waals surface area (Å²) in [6.07, 6.45) is 9.37. The normalized spacial score (nSPS) is 18.4. The fraction of sp³-hybridized carbons (Fsp3) is 0.136. The van der Waals surface area contributed by atoms with Gasteiger partial charge in [0.15, 0.2) is 10.6 Å². The predicted octanol–water partition coefficient (Wildman–Crippen LogP) is 7.88. The topological polar surface area (TPSA) is 56.7 Å². The number of halogens is 4. The van der Waals surface area contributed by atoms with Crippen molar-refractivity contribution in [2.75, 3.05) is 4.72 Å². The number of rotatable bonds is 6. The molecule has 0 saturated heterocycles. The smallest absolute Gasteiger partial charge is 0.198 e. The standard InChI is InChI=1S/C22H18Cl4N2O2S/c1-3-4-5-20-13(2)8-16(12-27-20)30-22-18(25)10-15(11-19(22)26)28-31(29)21-7-6-14(23)9-17(21)24/h3-13,28H,1-2H3/b4-3-,20-5+. The highest BCUT2D eigenvalue weighted by molar-refractivity contribution is 7.92. The maximum atomic E-state index is 12.6. The van der Waals surface area contributed by atoms with Crippen LogP contribution in [0.1, 0.15) is 13.8 Å². The van der Waals surface area contributed by atoms with Crippen molar-refractivity contribution in [3.8, 4) is 5.75 Å². The maximum absolute atomic E-state index is 12.6. The van der Waals surface area contributed by atoms with Gasteiger partial charge in [-0.1, -0.05) is 65.5 Å². The molecule has 1 N–H and O–H groups in total. The lowest BCUT2D eigenvalue weighted by Gasteiger charge is -2.18. The largest absolute Gasteiger partial charge is 0.588 e. The summed E-state index contributed by atoms with van der Waals surface area (Å²) in [7, 11) is 0. The minimum Gasteiger partial charge on any atom is -0.588 e. The minimum absolute atomic E-state index is 0.0706. The lowest BCUT2D eigenvalue weighted by molar-refractivity contribution is 0.449. The molecule has 1 aliphatic heterocycles. The predicted molar refractivity (Wildman–Crippen MR) is 132 cm³/mol. The molecule has 0 radical (unpaired) electrons. The summed E-state index contributed by atoms with van der Waals surface area (Å²) >= 11 is 23.1. The average molecular weight is 516 g/mol. The van der Waals surface area contributed by atoms with Crippen LogP contribution in [0.25, 0.3) is 0 Å². The Morgan fingerprint density at radius 3 is 2.42 bits per heavy atom. The Balaban J connectivity index is 1.76. The molecule has 2 aromatic carbocycles. The molecule has 1 aliphatic rings. The molecule has 1 heterocycles. The third kappa shape index (κ3) is 6.22. The highest BCUT2D eigenvalue weighted by atomic mass is 35.5. The molecule has 2 atom stereocenters. The van der Waals surface area contributed by atoms with E-state index < -0.39 is 11.4 Å². The Labute approximate surface area is 204 Å². The van der Waals surface area contributed by atoms with Crippen LogP contribution in [0.3, 0.4) is 0 Å². The number of hydrogen-bond acceptors (Lipinski definition) is 4. The second kappa shape index (κ2) is 10.8. The van der Waals surface area contributed by atoms with Crippen LogP contribution in [-0.2, 0) is 11.4 Å². The Morgan fingerprint density at radius 2 is 1.81 bits per heavy atom. The molecule has 4 nitrogen and oxygen atoms in total. The maximum Gasteiger partial charge on any atom is 0.198 e. The summed E-state index contributed by atoms with van der Waals surface area (Å²) in [6.45, 7) is 3.96. The Morgan fingerprint density at radius 1 is 1.10 bits per heavy atom. The van der Waals surface area contributed by atoms with Gasteiger partial charge in [0.1, 0.15) is 17.1 Å². The molecule has 162 valence electrons. The number of nitrogens with one attached hydrogen (secondary N) is 1. The highest BCUT2D eigenvalue weighted by Crippen LogP contribution is 2.38. The van der Waals surface area contributed by atoms with Crippen LogP contribution in [0, 0.1) is 5.92 Å². The summed E-state index contributed by atoms with van der Waals surface area (Å²) in [5.41, 5.74) is 1.37. The van der Waals surface area contributed by atoms with Gasteiger partial charge < -0.3 is 9.29 Å². The summed E-state index contributed by atoms with van der Waals surface area (Å²) in [6, 6.07) is 7.87. The second-order valence-electron chi connectivity index (χ2n) is 6.55. The number of dihydropyridines is 1. The van der Waals surface area contributed by atoms with E-state index in [-0.39, 0.29) is 26.7 Å². The first-order chi connectivity index (χ1) is 14.8. The van der Waals surface area contributed by atoms with E-state index in [1.54, 1.807) is 30.5 Å². The first-order valence-corrected chi connectivity index (χ1v) is 11.8. The summed E-state index contributed by atoms with van der Waals surface area (Å²) < 4.78 is 21.3. The minimum atomic E-state index is -1.64. The molecule has 0 saturated carbocycles. The SMILES string of the molecule is C/C=C\C=C1\N=CC(Oc2c(Cl)cc(N[S+]([O-])c3ccc(Cl)cc3Cl)cc2Cl)=CC1C. The van der Waals surface area contributed by atoms with E-state index in [9.17, 15) is 4.55 Å². The number of anilines is 1. The van der Waals surface area contributed by atoms with Gasteiger partial charge in [-0.15, -0.1) is 0 Å². The molecule has 0 bridgehead atoms. The van der Waals surface area contributed by atoms with Crippen molar-refractivity contribution in [2.45, 2.75) is 18.7 Å².